The number of hydrogen-bond acceptors (Lipinski definition) is 4. The third kappa shape index (κ3) is 3.40. The number of aromatic nitrogens is 2. The van der Waals surface area contributed by atoms with Gasteiger partial charge in [-0.15, -0.1) is 0 Å². The zero-order valence-corrected chi connectivity index (χ0v) is 11.0. The topological polar surface area (TPSA) is 42.9 Å². The van der Waals surface area contributed by atoms with Crippen molar-refractivity contribution >= 4 is 17.5 Å². The molecule has 0 aliphatic heterocycles. The van der Waals surface area contributed by atoms with Crippen molar-refractivity contribution in [2.75, 3.05) is 5.75 Å². The lowest BCUT2D eigenvalue weighted by molar-refractivity contribution is 0.102. The van der Waals surface area contributed by atoms with Gasteiger partial charge in [-0.3, -0.25) is 4.79 Å². The lowest BCUT2D eigenvalue weighted by Gasteiger charge is -2.02. The maximum absolute atomic E-state index is 12.0. The summed E-state index contributed by atoms with van der Waals surface area (Å²) < 4.78 is 0. The minimum absolute atomic E-state index is 0.126. The van der Waals surface area contributed by atoms with Gasteiger partial charge in [0.25, 0.3) is 0 Å². The summed E-state index contributed by atoms with van der Waals surface area (Å²) in [6.07, 6.45) is 4.16. The zero-order chi connectivity index (χ0) is 12.8. The van der Waals surface area contributed by atoms with Gasteiger partial charge in [-0.05, 0) is 18.1 Å². The van der Waals surface area contributed by atoms with Crippen molar-refractivity contribution in [3.8, 4) is 0 Å². The number of ketones is 1. The van der Waals surface area contributed by atoms with Crippen LogP contribution in [0.2, 0.25) is 0 Å². The van der Waals surface area contributed by atoms with E-state index in [1.165, 1.54) is 23.7 Å². The molecule has 1 aromatic carbocycles. The molecule has 3 nitrogen and oxygen atoms in total. The molecule has 0 amide bonds. The van der Waals surface area contributed by atoms with Crippen LogP contribution in [0.4, 0.5) is 0 Å². The van der Waals surface area contributed by atoms with Crippen molar-refractivity contribution < 1.29 is 4.79 Å². The van der Waals surface area contributed by atoms with Crippen molar-refractivity contribution in [1.29, 1.82) is 0 Å². The van der Waals surface area contributed by atoms with Crippen LogP contribution < -0.4 is 0 Å². The molecule has 1 heterocycles. The molecule has 0 saturated carbocycles. The van der Waals surface area contributed by atoms with Crippen LogP contribution in [0.5, 0.6) is 0 Å². The Bertz CT molecular complexity index is 511. The molecule has 0 aliphatic carbocycles. The van der Waals surface area contributed by atoms with E-state index in [4.69, 9.17) is 0 Å². The summed E-state index contributed by atoms with van der Waals surface area (Å²) in [6, 6.07) is 9.59. The second kappa shape index (κ2) is 6.31. The Morgan fingerprint density at radius 2 is 2.00 bits per heavy atom. The number of carbonyl (C=O) groups is 1. The van der Waals surface area contributed by atoms with Gasteiger partial charge in [0.2, 0.25) is 0 Å². The fourth-order valence-corrected chi connectivity index (χ4v) is 2.24. The quantitative estimate of drug-likeness (QED) is 0.470. The summed E-state index contributed by atoms with van der Waals surface area (Å²) >= 11 is 1.43. The van der Waals surface area contributed by atoms with Crippen molar-refractivity contribution in [2.45, 2.75) is 18.4 Å². The van der Waals surface area contributed by atoms with Crippen molar-refractivity contribution in [1.82, 2.24) is 9.97 Å². The lowest BCUT2D eigenvalue weighted by Crippen LogP contribution is -2.02. The van der Waals surface area contributed by atoms with Gasteiger partial charge < -0.3 is 0 Å². The molecular formula is C14H14N2OS. The summed E-state index contributed by atoms with van der Waals surface area (Å²) in [4.78, 5) is 19.9. The Morgan fingerprint density at radius 3 is 2.61 bits per heavy atom. The average molecular weight is 258 g/mol. The van der Waals surface area contributed by atoms with E-state index in [0.29, 0.717) is 5.75 Å². The number of hydrogen-bond donors (Lipinski definition) is 0. The zero-order valence-electron chi connectivity index (χ0n) is 10.2. The minimum Gasteiger partial charge on any atom is -0.293 e. The van der Waals surface area contributed by atoms with Crippen LogP contribution >= 0.6 is 11.8 Å². The van der Waals surface area contributed by atoms with Crippen LogP contribution in [0.1, 0.15) is 22.8 Å². The van der Waals surface area contributed by atoms with Gasteiger partial charge in [-0.25, -0.2) is 9.97 Å². The normalized spacial score (nSPS) is 10.3. The second-order valence-corrected chi connectivity index (χ2v) is 4.81. The molecule has 0 N–H and O–H groups in total. The Morgan fingerprint density at radius 1 is 1.22 bits per heavy atom. The number of rotatable bonds is 5. The minimum atomic E-state index is 0.126. The molecule has 0 fully saturated rings. The number of carbonyl (C=O) groups excluding carboxylic acids is 1. The summed E-state index contributed by atoms with van der Waals surface area (Å²) in [7, 11) is 0. The Hall–Kier alpha value is -1.68. The summed E-state index contributed by atoms with van der Waals surface area (Å²) in [6.45, 7) is 2.10. The Labute approximate surface area is 111 Å². The van der Waals surface area contributed by atoms with Crippen LogP contribution in [0.3, 0.4) is 0 Å². The summed E-state index contributed by atoms with van der Waals surface area (Å²) in [5, 5.41) is 0.823. The number of thioether (sulfide) groups is 1. The maximum Gasteiger partial charge on any atom is 0.173 e. The van der Waals surface area contributed by atoms with E-state index in [1.54, 1.807) is 12.3 Å². The van der Waals surface area contributed by atoms with E-state index in [-0.39, 0.29) is 5.78 Å². The monoisotopic (exact) mass is 258 g/mol. The molecule has 2 rings (SSSR count). The van der Waals surface area contributed by atoms with E-state index in [1.807, 2.05) is 24.3 Å². The van der Waals surface area contributed by atoms with Crippen molar-refractivity contribution in [3.63, 3.8) is 0 Å². The van der Waals surface area contributed by atoms with Gasteiger partial charge in [0.05, 0.1) is 10.8 Å². The van der Waals surface area contributed by atoms with Gasteiger partial charge in [0, 0.05) is 11.8 Å². The molecule has 0 radical (unpaired) electrons. The first-order valence-corrected chi connectivity index (χ1v) is 6.79. The third-order valence-corrected chi connectivity index (χ3v) is 3.53. The third-order valence-electron chi connectivity index (χ3n) is 2.59. The van der Waals surface area contributed by atoms with Crippen LogP contribution in [0.15, 0.2) is 47.9 Å². The van der Waals surface area contributed by atoms with Crippen molar-refractivity contribution in [2.24, 2.45) is 0 Å². The number of nitrogens with zero attached hydrogens (tertiary/aromatic N) is 2. The standard InChI is InChI=1S/C14H14N2OS/c1-2-11-3-5-12(6-4-11)13(17)9-18-14-7-8-15-10-16-14/h3-8,10H,2,9H2,1H3. The molecule has 0 saturated heterocycles. The molecule has 18 heavy (non-hydrogen) atoms. The smallest absolute Gasteiger partial charge is 0.173 e. The van der Waals surface area contributed by atoms with E-state index >= 15 is 0 Å². The molecule has 92 valence electrons. The fourth-order valence-electron chi connectivity index (χ4n) is 1.51. The first-order chi connectivity index (χ1) is 8.79. The number of Topliss-reactive ketones (excluding diaryl/α,β-unsaturated/α-hetero) is 1. The molecule has 4 heteroatoms. The second-order valence-electron chi connectivity index (χ2n) is 3.81. The van der Waals surface area contributed by atoms with E-state index in [9.17, 15) is 4.79 Å². The average Bonchev–Trinajstić information content (AvgIpc) is 2.46. The van der Waals surface area contributed by atoms with E-state index in [0.717, 1.165) is 17.0 Å². The SMILES string of the molecule is CCc1ccc(C(=O)CSc2ccncn2)cc1. The van der Waals surface area contributed by atoms with Gasteiger partial charge in [0.15, 0.2) is 5.78 Å². The molecule has 0 bridgehead atoms. The predicted octanol–water partition coefficient (Wildman–Crippen LogP) is 3.01. The Kier molecular flexibility index (Phi) is 4.47. The maximum atomic E-state index is 12.0. The largest absolute Gasteiger partial charge is 0.293 e. The molecule has 0 unspecified atom stereocenters. The van der Waals surface area contributed by atoms with Crippen LogP contribution in [0.25, 0.3) is 0 Å². The summed E-state index contributed by atoms with van der Waals surface area (Å²) in [5.41, 5.74) is 2.00. The van der Waals surface area contributed by atoms with E-state index in [2.05, 4.69) is 16.9 Å². The first kappa shape index (κ1) is 12.8. The number of benzene rings is 1. The predicted molar refractivity (Wildman–Crippen MR) is 72.9 cm³/mol. The van der Waals surface area contributed by atoms with Gasteiger partial charge >= 0.3 is 0 Å². The molecule has 2 aromatic rings. The first-order valence-electron chi connectivity index (χ1n) is 5.80. The highest BCUT2D eigenvalue weighted by molar-refractivity contribution is 7.99. The molecule has 0 aliphatic rings. The molecule has 1 aromatic heterocycles. The van der Waals surface area contributed by atoms with Crippen molar-refractivity contribution in [3.05, 3.63) is 54.0 Å². The van der Waals surface area contributed by atoms with E-state index < -0.39 is 0 Å². The highest BCUT2D eigenvalue weighted by Crippen LogP contribution is 2.16. The molecule has 0 spiro atoms. The van der Waals surface area contributed by atoms with Gasteiger partial charge in [-0.2, -0.15) is 0 Å². The highest BCUT2D eigenvalue weighted by atomic mass is 32.2. The van der Waals surface area contributed by atoms with Crippen LogP contribution in [-0.2, 0) is 6.42 Å². The molecule has 0 atom stereocenters. The van der Waals surface area contributed by atoms with Gasteiger partial charge in [0.1, 0.15) is 6.33 Å². The fraction of sp³-hybridized carbons (Fsp3) is 0.214. The lowest BCUT2D eigenvalue weighted by atomic mass is 10.1. The summed E-state index contributed by atoms with van der Waals surface area (Å²) in [5.74, 6) is 0.531. The molecular weight excluding hydrogens is 244 g/mol. The van der Waals surface area contributed by atoms with Crippen LogP contribution in [-0.4, -0.2) is 21.5 Å². The van der Waals surface area contributed by atoms with Gasteiger partial charge in [-0.1, -0.05) is 43.0 Å². The highest BCUT2D eigenvalue weighted by Gasteiger charge is 2.06. The van der Waals surface area contributed by atoms with Crippen LogP contribution in [0, 0.1) is 0 Å². The number of aryl methyl sites for hydroxylation is 1. The Balaban J connectivity index is 1.95.